The SMILES string of the molecule is CC(C)N1CCN(c2ccc(Nc3ncc4c(n3)N(C3CCCC3)C3(CC(=O)N(C)C3=O)C4)cc2)CC1. The van der Waals surface area contributed by atoms with Gasteiger partial charge in [0.1, 0.15) is 11.4 Å². The largest absolute Gasteiger partial charge is 0.369 e. The predicted molar refractivity (Wildman–Crippen MR) is 144 cm³/mol. The molecule has 2 aromatic rings. The van der Waals surface area contributed by atoms with Crippen LogP contribution in [0.4, 0.5) is 23.1 Å². The number of fused-ring (bicyclic) bond motifs is 1. The van der Waals surface area contributed by atoms with Crippen LogP contribution in [0.2, 0.25) is 0 Å². The summed E-state index contributed by atoms with van der Waals surface area (Å²) in [5, 5.41) is 3.37. The summed E-state index contributed by atoms with van der Waals surface area (Å²) < 4.78 is 0. The highest BCUT2D eigenvalue weighted by molar-refractivity contribution is 6.11. The van der Waals surface area contributed by atoms with Gasteiger partial charge in [-0.25, -0.2) is 4.98 Å². The van der Waals surface area contributed by atoms with E-state index >= 15 is 0 Å². The van der Waals surface area contributed by atoms with E-state index in [1.54, 1.807) is 7.05 Å². The van der Waals surface area contributed by atoms with E-state index in [4.69, 9.17) is 4.98 Å². The lowest BCUT2D eigenvalue weighted by Gasteiger charge is -2.38. The van der Waals surface area contributed by atoms with Crippen LogP contribution in [0.5, 0.6) is 0 Å². The Labute approximate surface area is 218 Å². The van der Waals surface area contributed by atoms with Crippen molar-refractivity contribution in [2.45, 2.75) is 70.0 Å². The van der Waals surface area contributed by atoms with Crippen LogP contribution in [0.15, 0.2) is 30.5 Å². The minimum atomic E-state index is -0.849. The van der Waals surface area contributed by atoms with Crippen LogP contribution >= 0.6 is 0 Å². The van der Waals surface area contributed by atoms with Crippen LogP contribution in [0.25, 0.3) is 0 Å². The smallest absolute Gasteiger partial charge is 0.255 e. The van der Waals surface area contributed by atoms with Gasteiger partial charge in [-0.2, -0.15) is 4.98 Å². The Kier molecular flexibility index (Phi) is 6.06. The summed E-state index contributed by atoms with van der Waals surface area (Å²) in [7, 11) is 1.60. The molecule has 0 radical (unpaired) electrons. The number of rotatable bonds is 5. The molecule has 1 spiro atoms. The molecule has 4 heterocycles. The molecule has 9 heteroatoms. The van der Waals surface area contributed by atoms with Crippen molar-refractivity contribution in [2.24, 2.45) is 0 Å². The van der Waals surface area contributed by atoms with E-state index in [0.29, 0.717) is 18.4 Å². The van der Waals surface area contributed by atoms with Gasteiger partial charge in [-0.3, -0.25) is 19.4 Å². The maximum absolute atomic E-state index is 13.4. The van der Waals surface area contributed by atoms with Crippen LogP contribution in [0.3, 0.4) is 0 Å². The molecule has 4 aliphatic rings. The number of amides is 2. The van der Waals surface area contributed by atoms with Gasteiger partial charge in [-0.1, -0.05) is 12.8 Å². The zero-order valence-corrected chi connectivity index (χ0v) is 22.1. The first-order valence-electron chi connectivity index (χ1n) is 13.7. The number of nitrogens with one attached hydrogen (secondary N) is 1. The van der Waals surface area contributed by atoms with Crippen LogP contribution < -0.4 is 15.1 Å². The lowest BCUT2D eigenvalue weighted by molar-refractivity contribution is -0.138. The lowest BCUT2D eigenvalue weighted by atomic mass is 9.91. The van der Waals surface area contributed by atoms with Crippen molar-refractivity contribution in [2.75, 3.05) is 48.3 Å². The van der Waals surface area contributed by atoms with E-state index in [0.717, 1.165) is 68.9 Å². The Morgan fingerprint density at radius 1 is 1.00 bits per heavy atom. The molecule has 6 rings (SSSR count). The molecule has 0 bridgehead atoms. The van der Waals surface area contributed by atoms with Gasteiger partial charge in [0.2, 0.25) is 11.9 Å². The molecular weight excluding hydrogens is 466 g/mol. The topological polar surface area (TPSA) is 84.9 Å². The molecule has 1 unspecified atom stereocenters. The molecule has 1 aliphatic carbocycles. The van der Waals surface area contributed by atoms with E-state index in [1.165, 1.54) is 10.6 Å². The number of anilines is 4. The van der Waals surface area contributed by atoms with Crippen LogP contribution in [-0.4, -0.2) is 82.4 Å². The molecule has 1 N–H and O–H groups in total. The Morgan fingerprint density at radius 3 is 2.32 bits per heavy atom. The van der Waals surface area contributed by atoms with E-state index < -0.39 is 5.54 Å². The highest BCUT2D eigenvalue weighted by atomic mass is 16.2. The summed E-state index contributed by atoms with van der Waals surface area (Å²) in [6.07, 6.45) is 6.86. The first-order valence-corrected chi connectivity index (χ1v) is 13.7. The molecule has 2 amide bonds. The van der Waals surface area contributed by atoms with Gasteiger partial charge >= 0.3 is 0 Å². The second-order valence-corrected chi connectivity index (χ2v) is 11.3. The predicted octanol–water partition coefficient (Wildman–Crippen LogP) is 3.18. The molecule has 2 saturated heterocycles. The fraction of sp³-hybridized carbons (Fsp3) is 0.571. The number of likely N-dealkylation sites (tertiary alicyclic amines) is 1. The van der Waals surface area contributed by atoms with E-state index in [-0.39, 0.29) is 24.3 Å². The van der Waals surface area contributed by atoms with Gasteiger partial charge in [0.25, 0.3) is 5.91 Å². The third-order valence-corrected chi connectivity index (χ3v) is 8.76. The number of hydrogen-bond donors (Lipinski definition) is 1. The highest BCUT2D eigenvalue weighted by Crippen LogP contribution is 2.47. The summed E-state index contributed by atoms with van der Waals surface area (Å²) in [4.78, 5) is 43.9. The second kappa shape index (κ2) is 9.28. The lowest BCUT2D eigenvalue weighted by Crippen LogP contribution is -2.56. The van der Waals surface area contributed by atoms with Crippen LogP contribution in [0.1, 0.15) is 51.5 Å². The van der Waals surface area contributed by atoms with Crippen molar-refractivity contribution in [3.63, 3.8) is 0 Å². The number of nitrogens with zero attached hydrogens (tertiary/aromatic N) is 6. The monoisotopic (exact) mass is 503 g/mol. The van der Waals surface area contributed by atoms with Crippen LogP contribution in [0, 0.1) is 0 Å². The number of piperazine rings is 1. The zero-order chi connectivity index (χ0) is 25.7. The number of carbonyl (C=O) groups excluding carboxylic acids is 2. The van der Waals surface area contributed by atoms with Gasteiger partial charge in [0.15, 0.2) is 0 Å². The average molecular weight is 504 g/mol. The molecule has 1 saturated carbocycles. The summed E-state index contributed by atoms with van der Waals surface area (Å²) in [5.41, 5.74) is 2.26. The quantitative estimate of drug-likeness (QED) is 0.623. The standard InChI is InChI=1S/C28H37N7O2/c1-19(2)33-12-14-34(15-13-33)22-10-8-21(9-11-22)30-27-29-18-20-16-28(17-24(36)32(3)26(28)37)35(25(20)31-27)23-6-4-5-7-23/h8-11,18-19,23H,4-7,12-17H2,1-3H3,(H,29,30,31). The third kappa shape index (κ3) is 4.13. The van der Waals surface area contributed by atoms with Crippen molar-refractivity contribution in [1.29, 1.82) is 0 Å². The summed E-state index contributed by atoms with van der Waals surface area (Å²) >= 11 is 0. The highest BCUT2D eigenvalue weighted by Gasteiger charge is 2.60. The van der Waals surface area contributed by atoms with Gasteiger partial charge in [0.05, 0.1) is 6.42 Å². The van der Waals surface area contributed by atoms with Gasteiger partial charge < -0.3 is 15.1 Å². The summed E-state index contributed by atoms with van der Waals surface area (Å²) in [6.45, 7) is 8.76. The van der Waals surface area contributed by atoms with Crippen LogP contribution in [-0.2, 0) is 16.0 Å². The number of imide groups is 1. The van der Waals surface area contributed by atoms with Crippen molar-refractivity contribution < 1.29 is 9.59 Å². The second-order valence-electron chi connectivity index (χ2n) is 11.3. The van der Waals surface area contributed by atoms with Gasteiger partial charge in [-0.05, 0) is 51.0 Å². The number of aromatic nitrogens is 2. The van der Waals surface area contributed by atoms with E-state index in [1.807, 2.05) is 6.20 Å². The average Bonchev–Trinajstić information content (AvgIpc) is 3.59. The normalized spacial score (nSPS) is 24.7. The fourth-order valence-corrected chi connectivity index (χ4v) is 6.66. The van der Waals surface area contributed by atoms with Gasteiger partial charge in [-0.15, -0.1) is 0 Å². The van der Waals surface area contributed by atoms with Crippen molar-refractivity contribution in [1.82, 2.24) is 19.8 Å². The maximum Gasteiger partial charge on any atom is 0.255 e. The first-order chi connectivity index (χ1) is 17.9. The Bertz CT molecular complexity index is 1190. The Hall–Kier alpha value is -3.20. The van der Waals surface area contributed by atoms with E-state index in [2.05, 4.69) is 63.1 Å². The molecule has 9 nitrogen and oxygen atoms in total. The van der Waals surface area contributed by atoms with E-state index in [9.17, 15) is 9.59 Å². The van der Waals surface area contributed by atoms with Crippen molar-refractivity contribution >= 4 is 35.0 Å². The number of carbonyl (C=O) groups is 2. The first kappa shape index (κ1) is 24.2. The molecule has 1 atom stereocenters. The number of likely N-dealkylation sites (N-methyl/N-ethyl adjacent to an activating group) is 1. The molecule has 37 heavy (non-hydrogen) atoms. The van der Waals surface area contributed by atoms with Gasteiger partial charge in [0, 0.05) is 74.9 Å². The number of hydrogen-bond acceptors (Lipinski definition) is 8. The van der Waals surface area contributed by atoms with Crippen molar-refractivity contribution in [3.05, 3.63) is 36.0 Å². The number of benzene rings is 1. The zero-order valence-electron chi connectivity index (χ0n) is 22.1. The molecule has 1 aromatic heterocycles. The molecule has 196 valence electrons. The molecule has 3 aliphatic heterocycles. The summed E-state index contributed by atoms with van der Waals surface area (Å²) in [6, 6.07) is 9.27. The summed E-state index contributed by atoms with van der Waals surface area (Å²) in [5.74, 6) is 1.10. The maximum atomic E-state index is 13.4. The van der Waals surface area contributed by atoms with Crippen molar-refractivity contribution in [3.8, 4) is 0 Å². The third-order valence-electron chi connectivity index (χ3n) is 8.76. The molecule has 3 fully saturated rings. The minimum absolute atomic E-state index is 0.110. The molecular formula is C28H37N7O2. The Morgan fingerprint density at radius 2 is 1.70 bits per heavy atom. The Balaban J connectivity index is 1.21. The fourth-order valence-electron chi connectivity index (χ4n) is 6.66. The minimum Gasteiger partial charge on any atom is -0.369 e. The molecule has 1 aromatic carbocycles.